The molecular weight excluding hydrogens is 635 g/mol. The zero-order chi connectivity index (χ0) is 32.2. The summed E-state index contributed by atoms with van der Waals surface area (Å²) in [5.74, 6) is -1.42. The van der Waals surface area contributed by atoms with Crippen LogP contribution >= 0.6 is 39.5 Å². The molecule has 3 rings (SSSR count). The Hall–Kier alpha value is -2.28. The molecular formula is C23H27Br2N4O7P. The third-order valence-electron chi connectivity index (χ3n) is 4.86. The maximum absolute atomic E-state index is 13.2. The normalized spacial score (nSPS) is 15.5. The van der Waals surface area contributed by atoms with Crippen molar-refractivity contribution in [3.05, 3.63) is 63.9 Å². The molecule has 2 aromatic carbocycles. The average Bonchev–Trinajstić information content (AvgIpc) is 3.32. The lowest BCUT2D eigenvalue weighted by atomic mass is 10.2. The van der Waals surface area contributed by atoms with Gasteiger partial charge in [-0.15, -0.1) is 0 Å². The first-order valence-electron chi connectivity index (χ1n) is 13.7. The Kier molecular flexibility index (Phi) is 7.59. The van der Waals surface area contributed by atoms with Gasteiger partial charge in [0.25, 0.3) is 5.91 Å². The Morgan fingerprint density at radius 1 is 1.22 bits per heavy atom. The Morgan fingerprint density at radius 2 is 1.92 bits per heavy atom. The highest BCUT2D eigenvalue weighted by molar-refractivity contribution is 9.09. The number of carbonyl (C=O) groups is 1. The first kappa shape index (κ1) is 21.6. The average molecular weight is 668 g/mol. The predicted molar refractivity (Wildman–Crippen MR) is 148 cm³/mol. The quantitative estimate of drug-likeness (QED) is 0.0975. The van der Waals surface area contributed by atoms with Crippen LogP contribution in [0.25, 0.3) is 11.0 Å². The first-order valence-corrected chi connectivity index (χ1v) is 14.6. The van der Waals surface area contributed by atoms with Gasteiger partial charge < -0.3 is 14.1 Å². The smallest absolute Gasteiger partial charge is 0.341 e. The molecule has 200 valence electrons. The van der Waals surface area contributed by atoms with E-state index in [1.165, 1.54) is 24.3 Å². The van der Waals surface area contributed by atoms with E-state index in [0.29, 0.717) is 29.1 Å². The van der Waals surface area contributed by atoms with Crippen LogP contribution in [0.3, 0.4) is 0 Å². The van der Waals surface area contributed by atoms with E-state index in [1.807, 2.05) is 0 Å². The molecule has 0 aliphatic rings. The van der Waals surface area contributed by atoms with Crippen molar-refractivity contribution in [1.82, 2.24) is 15.1 Å². The summed E-state index contributed by atoms with van der Waals surface area (Å²) in [6, 6.07) is 8.93. The van der Waals surface area contributed by atoms with Crippen LogP contribution in [0.2, 0.25) is 0 Å². The fraction of sp³-hybridized carbons (Fsp3) is 0.348. The number of hydrogen-bond donors (Lipinski definition) is 2. The first-order chi connectivity index (χ1) is 20.0. The van der Waals surface area contributed by atoms with Crippen molar-refractivity contribution in [3.8, 4) is 11.5 Å². The number of nitrogens with one attached hydrogen (secondary N) is 2. The highest BCUT2D eigenvalue weighted by atomic mass is 79.9. The minimum absolute atomic E-state index is 0.0959. The lowest BCUT2D eigenvalue weighted by Crippen LogP contribution is -2.27. The van der Waals surface area contributed by atoms with E-state index in [2.05, 4.69) is 42.0 Å². The molecule has 14 heteroatoms. The van der Waals surface area contributed by atoms with E-state index in [4.69, 9.17) is 21.9 Å². The summed E-state index contributed by atoms with van der Waals surface area (Å²) in [5, 5.41) is 19.0. The number of furan rings is 1. The lowest BCUT2D eigenvalue weighted by Gasteiger charge is -2.22. The topological polar surface area (TPSA) is 136 Å². The number of nitro groups is 1. The number of benzene rings is 2. The molecule has 0 spiro atoms. The van der Waals surface area contributed by atoms with E-state index < -0.39 is 44.2 Å². The molecule has 0 radical (unpaired) electrons. The molecule has 0 bridgehead atoms. The monoisotopic (exact) mass is 666 g/mol. The number of alkyl halides is 2. The fourth-order valence-corrected chi connectivity index (χ4v) is 5.87. The minimum Gasteiger partial charge on any atom is -0.458 e. The van der Waals surface area contributed by atoms with Gasteiger partial charge in [0.2, 0.25) is 5.75 Å². The third kappa shape index (κ3) is 7.62. The standard InChI is InChI=1S/C23H27Br2N4O7P/c1-15(36-37(33,26-9-7-24)27-10-8-25)20-12-17-13-22(19(29(31)32)14-21(17)35-20)34-18-6-4-5-16(11-18)23(30)28(2)3/h4-6,11-15H,7-10H2,1-3H3,(H2,26,27,33)/i2D3,3D3. The Bertz CT molecular complexity index is 1500. The lowest BCUT2D eigenvalue weighted by molar-refractivity contribution is -0.385. The summed E-state index contributed by atoms with van der Waals surface area (Å²) in [7, 11) is -3.49. The second-order valence-electron chi connectivity index (χ2n) is 7.53. The molecule has 1 amide bonds. The van der Waals surface area contributed by atoms with Crippen molar-refractivity contribution in [3.63, 3.8) is 0 Å². The van der Waals surface area contributed by atoms with Gasteiger partial charge in [-0.05, 0) is 37.3 Å². The van der Waals surface area contributed by atoms with Crippen LogP contribution in [0.1, 0.15) is 37.4 Å². The molecule has 1 aromatic heterocycles. The van der Waals surface area contributed by atoms with Crippen molar-refractivity contribution >= 4 is 62.1 Å². The molecule has 1 atom stereocenters. The van der Waals surface area contributed by atoms with Gasteiger partial charge in [-0.25, -0.2) is 10.2 Å². The number of nitro benzene ring substituents is 1. The van der Waals surface area contributed by atoms with Crippen molar-refractivity contribution in [1.29, 1.82) is 0 Å². The van der Waals surface area contributed by atoms with E-state index in [9.17, 15) is 19.5 Å². The van der Waals surface area contributed by atoms with Gasteiger partial charge >= 0.3 is 13.4 Å². The van der Waals surface area contributed by atoms with Gasteiger partial charge in [0.05, 0.1) is 11.0 Å². The van der Waals surface area contributed by atoms with Crippen LogP contribution < -0.4 is 14.9 Å². The number of ether oxygens (including phenoxy) is 1. The van der Waals surface area contributed by atoms with Crippen LogP contribution in [0.5, 0.6) is 11.5 Å². The number of fused-ring (bicyclic) bond motifs is 1. The molecule has 0 aliphatic carbocycles. The summed E-state index contributed by atoms with van der Waals surface area (Å²) in [6.07, 6.45) is -0.839. The Morgan fingerprint density at radius 3 is 2.54 bits per heavy atom. The molecule has 1 heterocycles. The molecule has 0 saturated heterocycles. The zero-order valence-electron chi connectivity index (χ0n) is 25.4. The Labute approximate surface area is 239 Å². The SMILES string of the molecule is [2H]C([2H])([2H])N(C(=O)c1cccc(Oc2cc3cc(C(C)OP(=O)(NCCBr)NCCBr)oc3cc2[N+](=O)[O-])c1)C([2H])([2H])[2H]. The van der Waals surface area contributed by atoms with Crippen LogP contribution in [0, 0.1) is 10.1 Å². The maximum atomic E-state index is 13.2. The van der Waals surface area contributed by atoms with Gasteiger partial charge in [-0.2, -0.15) is 0 Å². The van der Waals surface area contributed by atoms with Crippen LogP contribution in [-0.4, -0.2) is 53.4 Å². The summed E-state index contributed by atoms with van der Waals surface area (Å²) in [6.45, 7) is -4.21. The molecule has 0 aliphatic heterocycles. The minimum atomic E-state index is -3.49. The van der Waals surface area contributed by atoms with Crippen molar-refractivity contribution in [2.75, 3.05) is 37.7 Å². The number of amides is 1. The fourth-order valence-electron chi connectivity index (χ4n) is 3.23. The largest absolute Gasteiger partial charge is 0.458 e. The molecule has 2 N–H and O–H groups in total. The number of nitrogens with zero attached hydrogens (tertiary/aromatic N) is 2. The number of hydrogen-bond acceptors (Lipinski definition) is 7. The molecule has 1 unspecified atom stereocenters. The molecule has 0 fully saturated rings. The van der Waals surface area contributed by atoms with E-state index in [-0.39, 0.29) is 33.3 Å². The molecule has 3 aromatic rings. The highest BCUT2D eigenvalue weighted by Gasteiger charge is 2.28. The summed E-state index contributed by atoms with van der Waals surface area (Å²) in [4.78, 5) is 23.8. The van der Waals surface area contributed by atoms with Gasteiger partial charge in [-0.1, -0.05) is 37.9 Å². The summed E-state index contributed by atoms with van der Waals surface area (Å²) >= 11 is 6.52. The van der Waals surface area contributed by atoms with E-state index in [1.54, 1.807) is 13.0 Å². The number of rotatable bonds is 13. The molecule has 37 heavy (non-hydrogen) atoms. The zero-order valence-corrected chi connectivity index (χ0v) is 23.5. The second-order valence-corrected chi connectivity index (χ2v) is 11.1. The molecule has 11 nitrogen and oxygen atoms in total. The van der Waals surface area contributed by atoms with E-state index >= 15 is 0 Å². The number of halogens is 2. The van der Waals surface area contributed by atoms with Gasteiger partial charge in [-0.3, -0.25) is 24.0 Å². The maximum Gasteiger partial charge on any atom is 0.341 e. The number of carbonyl (C=O) groups excluding carboxylic acids is 1. The van der Waals surface area contributed by atoms with Gasteiger partial charge in [0.1, 0.15) is 23.2 Å². The Balaban J connectivity index is 1.94. The van der Waals surface area contributed by atoms with Crippen LogP contribution in [0.4, 0.5) is 5.69 Å². The summed E-state index contributed by atoms with van der Waals surface area (Å²) < 4.78 is 75.4. The third-order valence-corrected chi connectivity index (χ3v) is 7.55. The summed E-state index contributed by atoms with van der Waals surface area (Å²) in [5.41, 5.74) is -0.693. The van der Waals surface area contributed by atoms with Gasteiger partial charge in [0, 0.05) is 56.9 Å². The highest BCUT2D eigenvalue weighted by Crippen LogP contribution is 2.44. The van der Waals surface area contributed by atoms with Crippen molar-refractivity contribution in [2.24, 2.45) is 0 Å². The van der Waals surface area contributed by atoms with Crippen LogP contribution in [0.15, 0.2) is 46.9 Å². The predicted octanol–water partition coefficient (Wildman–Crippen LogP) is 5.99. The van der Waals surface area contributed by atoms with Gasteiger partial charge in [0.15, 0.2) is 0 Å². The van der Waals surface area contributed by atoms with E-state index in [0.717, 1.165) is 12.1 Å². The van der Waals surface area contributed by atoms with Crippen molar-refractivity contribution in [2.45, 2.75) is 13.0 Å². The molecule has 0 saturated carbocycles. The van der Waals surface area contributed by atoms with Crippen LogP contribution in [-0.2, 0) is 9.09 Å². The second kappa shape index (κ2) is 13.0. The van der Waals surface area contributed by atoms with Crippen molar-refractivity contribution < 1.29 is 36.2 Å².